The van der Waals surface area contributed by atoms with Crippen LogP contribution in [0.2, 0.25) is 5.02 Å². The molecule has 0 radical (unpaired) electrons. The largest absolute Gasteiger partial charge is 0.503 e. The molecule has 5 nitrogen and oxygen atoms in total. The van der Waals surface area contributed by atoms with Crippen molar-refractivity contribution >= 4 is 21.6 Å². The number of pyridine rings is 1. The Morgan fingerprint density at radius 1 is 0.963 bits per heavy atom. The van der Waals surface area contributed by atoms with E-state index in [0.29, 0.717) is 25.7 Å². The van der Waals surface area contributed by atoms with Crippen molar-refractivity contribution in [2.75, 3.05) is 0 Å². The van der Waals surface area contributed by atoms with Gasteiger partial charge in [0.25, 0.3) is 10.0 Å². The third kappa shape index (κ3) is 3.38. The molecule has 0 saturated heterocycles. The van der Waals surface area contributed by atoms with E-state index in [1.54, 1.807) is 50.2 Å². The predicted octanol–water partition coefficient (Wildman–Crippen LogP) is 4.04. The molecule has 0 spiro atoms. The zero-order valence-electron chi connectivity index (χ0n) is 15.0. The number of aromatic nitrogens is 1. The van der Waals surface area contributed by atoms with Crippen molar-refractivity contribution in [3.63, 3.8) is 0 Å². The summed E-state index contributed by atoms with van der Waals surface area (Å²) in [6.07, 6.45) is 1.17. The molecule has 0 aliphatic carbocycles. The number of hydrogen-bond donors (Lipinski definition) is 1. The Balaban J connectivity index is 2.20. The van der Waals surface area contributed by atoms with Gasteiger partial charge in [0.15, 0.2) is 5.75 Å². The van der Waals surface area contributed by atoms with E-state index in [1.807, 2.05) is 6.92 Å². The number of aryl methyl sites for hydroxylation is 3. The van der Waals surface area contributed by atoms with E-state index in [-0.39, 0.29) is 10.5 Å². The number of halogens is 1. The van der Waals surface area contributed by atoms with Crippen LogP contribution in [0.4, 0.5) is 0 Å². The lowest BCUT2D eigenvalue weighted by molar-refractivity contribution is 0.466. The molecule has 0 saturated carbocycles. The highest BCUT2D eigenvalue weighted by Gasteiger charge is 2.25. The fraction of sp³-hybridized carbons (Fsp3) is 0.150. The highest BCUT2D eigenvalue weighted by atomic mass is 35.5. The van der Waals surface area contributed by atoms with Crippen LogP contribution in [0.15, 0.2) is 58.4 Å². The average molecular weight is 404 g/mol. The molecule has 0 aliphatic rings. The van der Waals surface area contributed by atoms with E-state index in [4.69, 9.17) is 11.6 Å². The summed E-state index contributed by atoms with van der Waals surface area (Å²) in [5.41, 5.74) is 1.81. The van der Waals surface area contributed by atoms with Crippen molar-refractivity contribution in [1.82, 2.24) is 3.97 Å². The second-order valence-corrected chi connectivity index (χ2v) is 8.61. The van der Waals surface area contributed by atoms with Gasteiger partial charge in [-0.05, 0) is 55.7 Å². The lowest BCUT2D eigenvalue weighted by atomic mass is 10.1. The van der Waals surface area contributed by atoms with Crippen molar-refractivity contribution in [3.8, 4) is 16.9 Å². The number of benzene rings is 2. The minimum Gasteiger partial charge on any atom is -0.503 e. The van der Waals surface area contributed by atoms with Crippen LogP contribution in [0.1, 0.15) is 16.7 Å². The fourth-order valence-corrected chi connectivity index (χ4v) is 5.01. The molecule has 140 valence electrons. The number of hydrogen-bond acceptors (Lipinski definition) is 4. The lowest BCUT2D eigenvalue weighted by Gasteiger charge is -2.15. The van der Waals surface area contributed by atoms with Crippen LogP contribution < -0.4 is 5.56 Å². The molecule has 3 aromatic rings. The summed E-state index contributed by atoms with van der Waals surface area (Å²) in [5, 5.41) is 10.9. The highest BCUT2D eigenvalue weighted by molar-refractivity contribution is 7.90. The maximum atomic E-state index is 13.1. The Labute approximate surface area is 162 Å². The van der Waals surface area contributed by atoms with Gasteiger partial charge >= 0.3 is 5.56 Å². The minimum atomic E-state index is -4.15. The Hall–Kier alpha value is -2.57. The molecule has 27 heavy (non-hydrogen) atoms. The summed E-state index contributed by atoms with van der Waals surface area (Å²) in [7, 11) is -4.15. The third-order valence-corrected chi connectivity index (χ3v) is 6.53. The van der Waals surface area contributed by atoms with E-state index < -0.39 is 21.3 Å². The van der Waals surface area contributed by atoms with Crippen LogP contribution in [-0.4, -0.2) is 17.5 Å². The zero-order chi connectivity index (χ0) is 19.9. The van der Waals surface area contributed by atoms with E-state index >= 15 is 0 Å². The molecule has 0 amide bonds. The molecule has 0 unspecified atom stereocenters. The van der Waals surface area contributed by atoms with Gasteiger partial charge in [0.2, 0.25) is 0 Å². The Morgan fingerprint density at radius 3 is 2.07 bits per heavy atom. The van der Waals surface area contributed by atoms with Gasteiger partial charge in [-0.25, -0.2) is 12.4 Å². The summed E-state index contributed by atoms with van der Waals surface area (Å²) in [4.78, 5) is 12.7. The average Bonchev–Trinajstić information content (AvgIpc) is 2.56. The third-order valence-electron chi connectivity index (χ3n) is 4.31. The van der Waals surface area contributed by atoms with Crippen LogP contribution in [0.25, 0.3) is 11.1 Å². The van der Waals surface area contributed by atoms with Crippen LogP contribution in [0.5, 0.6) is 5.75 Å². The molecule has 2 aromatic carbocycles. The molecule has 1 heterocycles. The molecular formula is C20H18ClNO4S. The van der Waals surface area contributed by atoms with Gasteiger partial charge in [-0.1, -0.05) is 41.4 Å². The van der Waals surface area contributed by atoms with Gasteiger partial charge in [0.05, 0.1) is 4.90 Å². The van der Waals surface area contributed by atoms with E-state index in [9.17, 15) is 18.3 Å². The summed E-state index contributed by atoms with van der Waals surface area (Å²) in [6, 6.07) is 11.4. The first-order valence-corrected chi connectivity index (χ1v) is 9.98. The first-order chi connectivity index (χ1) is 12.6. The number of rotatable bonds is 3. The standard InChI is InChI=1S/C20H18ClNO4S/c1-12-10-13(2)19(14(3)11-12)27(25,26)22-9-8-17(18(23)20(22)24)15-4-6-16(21)7-5-15/h4-11,23H,1-3H3. The molecular weight excluding hydrogens is 386 g/mol. The maximum absolute atomic E-state index is 13.1. The van der Waals surface area contributed by atoms with Crippen molar-refractivity contribution in [2.45, 2.75) is 25.7 Å². The summed E-state index contributed by atoms with van der Waals surface area (Å²) in [5.74, 6) is -0.634. The molecule has 1 N–H and O–H groups in total. The van der Waals surface area contributed by atoms with Gasteiger partial charge in [-0.15, -0.1) is 0 Å². The first-order valence-electron chi connectivity index (χ1n) is 8.17. The van der Waals surface area contributed by atoms with Gasteiger partial charge < -0.3 is 5.11 Å². The Bertz CT molecular complexity index is 1170. The number of nitrogens with zero attached hydrogens (tertiary/aromatic N) is 1. The van der Waals surface area contributed by atoms with Crippen LogP contribution in [0, 0.1) is 20.8 Å². The zero-order valence-corrected chi connectivity index (χ0v) is 16.6. The fourth-order valence-electron chi connectivity index (χ4n) is 3.23. The normalized spacial score (nSPS) is 11.6. The summed E-state index contributed by atoms with van der Waals surface area (Å²) in [6.45, 7) is 5.23. The highest BCUT2D eigenvalue weighted by Crippen LogP contribution is 2.29. The lowest BCUT2D eigenvalue weighted by Crippen LogP contribution is -2.28. The molecule has 1 aromatic heterocycles. The molecule has 0 atom stereocenters. The smallest absolute Gasteiger partial charge is 0.307 e. The minimum absolute atomic E-state index is 0.0637. The monoisotopic (exact) mass is 403 g/mol. The topological polar surface area (TPSA) is 76.4 Å². The van der Waals surface area contributed by atoms with Gasteiger partial charge in [0.1, 0.15) is 0 Å². The van der Waals surface area contributed by atoms with Gasteiger partial charge in [-0.3, -0.25) is 4.79 Å². The van der Waals surface area contributed by atoms with Crippen LogP contribution in [0.3, 0.4) is 0 Å². The SMILES string of the molecule is Cc1cc(C)c(S(=O)(=O)n2ccc(-c3ccc(Cl)cc3)c(O)c2=O)c(C)c1. The molecule has 7 heteroatoms. The predicted molar refractivity (Wildman–Crippen MR) is 106 cm³/mol. The van der Waals surface area contributed by atoms with Crippen molar-refractivity contribution in [3.05, 3.63) is 80.7 Å². The van der Waals surface area contributed by atoms with E-state index in [1.165, 1.54) is 12.3 Å². The maximum Gasteiger partial charge on any atom is 0.307 e. The van der Waals surface area contributed by atoms with Crippen LogP contribution in [-0.2, 0) is 10.0 Å². The molecule has 3 rings (SSSR count). The van der Waals surface area contributed by atoms with Gasteiger partial charge in [0, 0.05) is 16.8 Å². The van der Waals surface area contributed by atoms with Crippen molar-refractivity contribution < 1.29 is 13.5 Å². The molecule has 0 fully saturated rings. The molecule has 0 aliphatic heterocycles. The van der Waals surface area contributed by atoms with Gasteiger partial charge in [-0.2, -0.15) is 0 Å². The van der Waals surface area contributed by atoms with Crippen molar-refractivity contribution in [2.24, 2.45) is 0 Å². The van der Waals surface area contributed by atoms with Crippen LogP contribution >= 0.6 is 11.6 Å². The second-order valence-electron chi connectivity index (χ2n) is 6.42. The quantitative estimate of drug-likeness (QED) is 0.716. The molecule has 0 bridgehead atoms. The summed E-state index contributed by atoms with van der Waals surface area (Å²) < 4.78 is 26.7. The summed E-state index contributed by atoms with van der Waals surface area (Å²) >= 11 is 5.86. The number of aromatic hydroxyl groups is 1. The van der Waals surface area contributed by atoms with E-state index in [0.717, 1.165) is 5.56 Å². The second kappa shape index (κ2) is 6.87. The first kappa shape index (κ1) is 19.2. The van der Waals surface area contributed by atoms with E-state index in [2.05, 4.69) is 0 Å². The Morgan fingerprint density at radius 2 is 1.52 bits per heavy atom. The Kier molecular flexibility index (Phi) is 4.88. The van der Waals surface area contributed by atoms with Crippen molar-refractivity contribution in [1.29, 1.82) is 0 Å².